The third kappa shape index (κ3) is 5.36. The number of hydrogen-bond donors (Lipinski definition) is 1. The summed E-state index contributed by atoms with van der Waals surface area (Å²) in [6, 6.07) is 7.90. The Morgan fingerprint density at radius 2 is 2.00 bits per heavy atom. The van der Waals surface area contributed by atoms with Crippen molar-refractivity contribution in [1.29, 1.82) is 0 Å². The van der Waals surface area contributed by atoms with E-state index in [1.165, 1.54) is 5.56 Å². The molecule has 0 radical (unpaired) electrons. The van der Waals surface area contributed by atoms with Gasteiger partial charge in [-0.1, -0.05) is 12.1 Å². The van der Waals surface area contributed by atoms with Crippen molar-refractivity contribution in [2.24, 2.45) is 0 Å². The minimum Gasteiger partial charge on any atom is -0.497 e. The van der Waals surface area contributed by atoms with Crippen molar-refractivity contribution in [3.63, 3.8) is 0 Å². The van der Waals surface area contributed by atoms with Gasteiger partial charge in [0.2, 0.25) is 0 Å². The molecule has 94 valence electrons. The average molecular weight is 237 g/mol. The SMILES string of the molecule is CCOC(=O)CNCCc1ccc(OC)cc1. The molecule has 0 fully saturated rings. The van der Waals surface area contributed by atoms with E-state index in [-0.39, 0.29) is 12.5 Å². The number of nitrogens with one attached hydrogen (secondary N) is 1. The molecule has 1 aromatic carbocycles. The molecule has 0 saturated heterocycles. The summed E-state index contributed by atoms with van der Waals surface area (Å²) in [4.78, 5) is 11.0. The van der Waals surface area contributed by atoms with Gasteiger partial charge < -0.3 is 14.8 Å². The van der Waals surface area contributed by atoms with E-state index >= 15 is 0 Å². The standard InChI is InChI=1S/C13H19NO3/c1-3-17-13(15)10-14-9-8-11-4-6-12(16-2)7-5-11/h4-7,14H,3,8-10H2,1-2H3. The molecule has 1 N–H and O–H groups in total. The first-order chi connectivity index (χ1) is 8.26. The van der Waals surface area contributed by atoms with Gasteiger partial charge in [0.15, 0.2) is 0 Å². The van der Waals surface area contributed by atoms with Crippen LogP contribution in [0.25, 0.3) is 0 Å². The maximum atomic E-state index is 11.0. The fourth-order valence-electron chi connectivity index (χ4n) is 1.43. The van der Waals surface area contributed by atoms with E-state index < -0.39 is 0 Å². The Morgan fingerprint density at radius 1 is 1.29 bits per heavy atom. The maximum Gasteiger partial charge on any atom is 0.319 e. The van der Waals surface area contributed by atoms with Crippen molar-refractivity contribution in [1.82, 2.24) is 5.32 Å². The van der Waals surface area contributed by atoms with Gasteiger partial charge in [-0.2, -0.15) is 0 Å². The molecule has 0 unspecified atom stereocenters. The lowest BCUT2D eigenvalue weighted by atomic mass is 10.1. The Hall–Kier alpha value is -1.55. The van der Waals surface area contributed by atoms with Gasteiger partial charge in [-0.15, -0.1) is 0 Å². The van der Waals surface area contributed by atoms with Crippen molar-refractivity contribution in [2.75, 3.05) is 26.8 Å². The molecule has 0 heterocycles. The summed E-state index contributed by atoms with van der Waals surface area (Å²) in [6.45, 7) is 3.25. The molecule has 1 rings (SSSR count). The molecule has 1 aromatic rings. The van der Waals surface area contributed by atoms with Crippen LogP contribution in [0.1, 0.15) is 12.5 Å². The van der Waals surface area contributed by atoms with Crippen LogP contribution in [0.5, 0.6) is 5.75 Å². The van der Waals surface area contributed by atoms with E-state index in [0.717, 1.165) is 18.7 Å². The van der Waals surface area contributed by atoms with Gasteiger partial charge in [0, 0.05) is 0 Å². The maximum absolute atomic E-state index is 11.0. The Balaban J connectivity index is 2.19. The summed E-state index contributed by atoms with van der Waals surface area (Å²) in [5.41, 5.74) is 1.21. The van der Waals surface area contributed by atoms with Crippen LogP contribution in [0.3, 0.4) is 0 Å². The topological polar surface area (TPSA) is 47.6 Å². The van der Waals surface area contributed by atoms with Crippen LogP contribution in [-0.2, 0) is 16.0 Å². The number of esters is 1. The van der Waals surface area contributed by atoms with Crippen LogP contribution >= 0.6 is 0 Å². The first-order valence-corrected chi connectivity index (χ1v) is 5.75. The molecule has 0 aromatic heterocycles. The van der Waals surface area contributed by atoms with Crippen LogP contribution < -0.4 is 10.1 Å². The van der Waals surface area contributed by atoms with Gasteiger partial charge in [-0.05, 0) is 37.6 Å². The Morgan fingerprint density at radius 3 is 2.59 bits per heavy atom. The lowest BCUT2D eigenvalue weighted by Gasteiger charge is -2.05. The van der Waals surface area contributed by atoms with Crippen LogP contribution in [0, 0.1) is 0 Å². The third-order valence-corrected chi connectivity index (χ3v) is 2.32. The zero-order chi connectivity index (χ0) is 12.5. The number of hydrogen-bond acceptors (Lipinski definition) is 4. The third-order valence-electron chi connectivity index (χ3n) is 2.32. The number of methoxy groups -OCH3 is 1. The molecule has 4 nitrogen and oxygen atoms in total. The second-order valence-corrected chi connectivity index (χ2v) is 3.58. The summed E-state index contributed by atoms with van der Waals surface area (Å²) in [7, 11) is 1.65. The Bertz CT molecular complexity index is 335. The highest BCUT2D eigenvalue weighted by molar-refractivity contribution is 5.71. The average Bonchev–Trinajstić information content (AvgIpc) is 2.36. The number of carbonyl (C=O) groups excluding carboxylic acids is 1. The summed E-state index contributed by atoms with van der Waals surface area (Å²) in [5, 5.41) is 3.04. The van der Waals surface area contributed by atoms with Crippen molar-refractivity contribution in [2.45, 2.75) is 13.3 Å². The molecular weight excluding hydrogens is 218 g/mol. The number of rotatable bonds is 7. The Labute approximate surface area is 102 Å². The van der Waals surface area contributed by atoms with Crippen molar-refractivity contribution in [3.8, 4) is 5.75 Å². The highest BCUT2D eigenvalue weighted by Gasteiger charge is 2.00. The molecule has 0 bridgehead atoms. The lowest BCUT2D eigenvalue weighted by molar-refractivity contribution is -0.141. The molecule has 4 heteroatoms. The monoisotopic (exact) mass is 237 g/mol. The quantitative estimate of drug-likeness (QED) is 0.575. The molecule has 17 heavy (non-hydrogen) atoms. The van der Waals surface area contributed by atoms with Gasteiger partial charge in [0.05, 0.1) is 20.3 Å². The molecule has 0 spiro atoms. The summed E-state index contributed by atoms with van der Waals surface area (Å²) < 4.78 is 9.88. The minimum absolute atomic E-state index is 0.206. The van der Waals surface area contributed by atoms with E-state index in [2.05, 4.69) is 5.32 Å². The van der Waals surface area contributed by atoms with Crippen LogP contribution in [0.2, 0.25) is 0 Å². The Kier molecular flexibility index (Phi) is 6.10. The molecule has 0 aliphatic rings. The number of carbonyl (C=O) groups is 1. The van der Waals surface area contributed by atoms with Crippen molar-refractivity contribution >= 4 is 5.97 Å². The summed E-state index contributed by atoms with van der Waals surface area (Å²) >= 11 is 0. The van der Waals surface area contributed by atoms with E-state index in [4.69, 9.17) is 9.47 Å². The first-order valence-electron chi connectivity index (χ1n) is 5.75. The molecule has 0 amide bonds. The molecule has 0 atom stereocenters. The fourth-order valence-corrected chi connectivity index (χ4v) is 1.43. The van der Waals surface area contributed by atoms with Gasteiger partial charge >= 0.3 is 5.97 Å². The van der Waals surface area contributed by atoms with E-state index in [1.54, 1.807) is 14.0 Å². The normalized spacial score (nSPS) is 10.0. The van der Waals surface area contributed by atoms with Crippen LogP contribution in [-0.4, -0.2) is 32.8 Å². The first kappa shape index (κ1) is 13.5. The van der Waals surface area contributed by atoms with Crippen molar-refractivity contribution in [3.05, 3.63) is 29.8 Å². The fraction of sp³-hybridized carbons (Fsp3) is 0.462. The highest BCUT2D eigenvalue weighted by Crippen LogP contribution is 2.11. The lowest BCUT2D eigenvalue weighted by Crippen LogP contribution is -2.26. The van der Waals surface area contributed by atoms with Crippen molar-refractivity contribution < 1.29 is 14.3 Å². The second-order valence-electron chi connectivity index (χ2n) is 3.58. The predicted molar refractivity (Wildman–Crippen MR) is 66.2 cm³/mol. The molecule has 0 aliphatic carbocycles. The van der Waals surface area contributed by atoms with E-state index in [1.807, 2.05) is 24.3 Å². The molecule has 0 aliphatic heterocycles. The predicted octanol–water partition coefficient (Wildman–Crippen LogP) is 1.39. The summed E-state index contributed by atoms with van der Waals surface area (Å²) in [6.07, 6.45) is 0.878. The van der Waals surface area contributed by atoms with Gasteiger partial charge in [-0.25, -0.2) is 0 Å². The zero-order valence-corrected chi connectivity index (χ0v) is 10.4. The van der Waals surface area contributed by atoms with E-state index in [0.29, 0.717) is 6.61 Å². The largest absolute Gasteiger partial charge is 0.497 e. The smallest absolute Gasteiger partial charge is 0.319 e. The van der Waals surface area contributed by atoms with E-state index in [9.17, 15) is 4.79 Å². The number of ether oxygens (including phenoxy) is 2. The van der Waals surface area contributed by atoms with Gasteiger partial charge in [0.1, 0.15) is 5.75 Å². The summed E-state index contributed by atoms with van der Waals surface area (Å²) in [5.74, 6) is 0.649. The minimum atomic E-state index is -0.206. The van der Waals surface area contributed by atoms with Crippen LogP contribution in [0.15, 0.2) is 24.3 Å². The second kappa shape index (κ2) is 7.68. The molecule has 0 saturated carbocycles. The van der Waals surface area contributed by atoms with Gasteiger partial charge in [-0.3, -0.25) is 4.79 Å². The highest BCUT2D eigenvalue weighted by atomic mass is 16.5. The number of benzene rings is 1. The van der Waals surface area contributed by atoms with Crippen LogP contribution in [0.4, 0.5) is 0 Å². The molecular formula is C13H19NO3. The van der Waals surface area contributed by atoms with Gasteiger partial charge in [0.25, 0.3) is 0 Å². The zero-order valence-electron chi connectivity index (χ0n) is 10.4.